The molecule has 0 unspecified atom stereocenters. The summed E-state index contributed by atoms with van der Waals surface area (Å²) in [6.45, 7) is 2.47. The molecular formula is C18H22ClN5O4. The predicted molar refractivity (Wildman–Crippen MR) is 107 cm³/mol. The molecule has 0 aliphatic heterocycles. The zero-order chi connectivity index (χ0) is 20.4. The van der Waals surface area contributed by atoms with E-state index >= 15 is 0 Å². The lowest BCUT2D eigenvalue weighted by atomic mass is 10.3. The van der Waals surface area contributed by atoms with Crippen molar-refractivity contribution in [3.63, 3.8) is 0 Å². The third-order valence-corrected chi connectivity index (χ3v) is 4.66. The largest absolute Gasteiger partial charge is 0.489 e. The van der Waals surface area contributed by atoms with Crippen LogP contribution in [0, 0.1) is 0 Å². The van der Waals surface area contributed by atoms with Crippen molar-refractivity contribution in [1.29, 1.82) is 0 Å². The number of ether oxygens (including phenoxy) is 1. The molecule has 150 valence electrons. The molecule has 0 amide bonds. The Morgan fingerprint density at radius 2 is 1.96 bits per heavy atom. The summed E-state index contributed by atoms with van der Waals surface area (Å²) in [6, 6.07) is 6.97. The lowest BCUT2D eigenvalue weighted by molar-refractivity contribution is 0.0938. The van der Waals surface area contributed by atoms with E-state index in [1.807, 2.05) is 6.92 Å². The molecule has 0 spiro atoms. The van der Waals surface area contributed by atoms with Crippen molar-refractivity contribution in [2.24, 2.45) is 14.1 Å². The van der Waals surface area contributed by atoms with E-state index in [9.17, 15) is 14.7 Å². The summed E-state index contributed by atoms with van der Waals surface area (Å²) in [5.74, 6) is 0.858. The van der Waals surface area contributed by atoms with E-state index < -0.39 is 17.4 Å². The van der Waals surface area contributed by atoms with Gasteiger partial charge in [0.05, 0.1) is 11.6 Å². The fourth-order valence-electron chi connectivity index (χ4n) is 2.93. The molecule has 0 saturated carbocycles. The quantitative estimate of drug-likeness (QED) is 0.604. The molecule has 0 bridgehead atoms. The third kappa shape index (κ3) is 3.63. The Kier molecular flexibility index (Phi) is 5.76. The molecule has 3 aromatic rings. The lowest BCUT2D eigenvalue weighted by Gasteiger charge is -2.16. The first-order valence-corrected chi connectivity index (χ1v) is 9.18. The summed E-state index contributed by atoms with van der Waals surface area (Å²) in [7, 11) is 2.96. The maximum Gasteiger partial charge on any atom is 0.332 e. The van der Waals surface area contributed by atoms with Gasteiger partial charge in [-0.1, -0.05) is 23.7 Å². The molecule has 0 fully saturated rings. The van der Waals surface area contributed by atoms with E-state index in [4.69, 9.17) is 16.3 Å². The Hall–Kier alpha value is -2.78. The number of imidazole rings is 1. The number of nitrogens with zero attached hydrogens (tertiary/aromatic N) is 4. The molecule has 0 radical (unpaired) electrons. The van der Waals surface area contributed by atoms with Crippen LogP contribution in [0.3, 0.4) is 0 Å². The van der Waals surface area contributed by atoms with Crippen LogP contribution in [0.25, 0.3) is 11.2 Å². The zero-order valence-electron chi connectivity index (χ0n) is 15.8. The van der Waals surface area contributed by atoms with Gasteiger partial charge in [0, 0.05) is 20.6 Å². The molecule has 1 atom stereocenters. The number of aliphatic hydroxyl groups is 1. The van der Waals surface area contributed by atoms with E-state index in [0.717, 1.165) is 4.57 Å². The standard InChI is InChI=1S/C18H22ClN5O4/c1-4-20-17-21-15-14(16(26)23(3)18(27)22(15)2)24(17)9-11(25)10-28-13-8-6-5-7-12(13)19/h5-8,11,25H,4,9-10H2,1-3H3,(H,20,21)/t11-/m1/s1. The minimum absolute atomic E-state index is 0.0267. The average Bonchev–Trinajstić information content (AvgIpc) is 3.02. The summed E-state index contributed by atoms with van der Waals surface area (Å²) in [4.78, 5) is 29.2. The molecule has 9 nitrogen and oxygen atoms in total. The first kappa shape index (κ1) is 20.0. The van der Waals surface area contributed by atoms with Crippen molar-refractivity contribution in [1.82, 2.24) is 18.7 Å². The number of anilines is 1. The van der Waals surface area contributed by atoms with Gasteiger partial charge in [0.25, 0.3) is 5.56 Å². The minimum atomic E-state index is -0.937. The molecule has 0 aliphatic carbocycles. The molecule has 2 aromatic heterocycles. The highest BCUT2D eigenvalue weighted by Crippen LogP contribution is 2.23. The Morgan fingerprint density at radius 1 is 1.25 bits per heavy atom. The second-order valence-corrected chi connectivity index (χ2v) is 6.76. The van der Waals surface area contributed by atoms with Gasteiger partial charge in [0.2, 0.25) is 5.95 Å². The van der Waals surface area contributed by atoms with E-state index in [1.165, 1.54) is 11.6 Å². The normalized spacial score (nSPS) is 12.3. The summed E-state index contributed by atoms with van der Waals surface area (Å²) < 4.78 is 9.48. The summed E-state index contributed by atoms with van der Waals surface area (Å²) in [6.07, 6.45) is -0.937. The molecule has 0 aliphatic rings. The molecule has 28 heavy (non-hydrogen) atoms. The van der Waals surface area contributed by atoms with Crippen molar-refractivity contribution >= 4 is 28.7 Å². The smallest absolute Gasteiger partial charge is 0.332 e. The molecular weight excluding hydrogens is 386 g/mol. The van der Waals surface area contributed by atoms with E-state index in [1.54, 1.807) is 35.9 Å². The number of para-hydroxylation sites is 1. The number of rotatable bonds is 7. The van der Waals surface area contributed by atoms with Crippen molar-refractivity contribution in [2.45, 2.75) is 19.6 Å². The molecule has 2 N–H and O–H groups in total. The van der Waals surface area contributed by atoms with Crippen molar-refractivity contribution < 1.29 is 9.84 Å². The Morgan fingerprint density at radius 3 is 2.64 bits per heavy atom. The molecule has 2 heterocycles. The number of aromatic nitrogens is 4. The van der Waals surface area contributed by atoms with Crippen LogP contribution in [0.1, 0.15) is 6.92 Å². The van der Waals surface area contributed by atoms with Crippen molar-refractivity contribution in [3.05, 3.63) is 50.1 Å². The second kappa shape index (κ2) is 8.07. The van der Waals surface area contributed by atoms with Gasteiger partial charge in [-0.3, -0.25) is 13.9 Å². The predicted octanol–water partition coefficient (Wildman–Crippen LogP) is 0.959. The van der Waals surface area contributed by atoms with Crippen LogP contribution in [-0.4, -0.2) is 43.0 Å². The van der Waals surface area contributed by atoms with Gasteiger partial charge >= 0.3 is 5.69 Å². The topological polar surface area (TPSA) is 103 Å². The van der Waals surface area contributed by atoms with Gasteiger partial charge in [-0.05, 0) is 19.1 Å². The number of nitrogens with one attached hydrogen (secondary N) is 1. The van der Waals surface area contributed by atoms with Crippen LogP contribution in [0.4, 0.5) is 5.95 Å². The number of hydrogen-bond donors (Lipinski definition) is 2. The molecule has 10 heteroatoms. The van der Waals surface area contributed by atoms with Gasteiger partial charge < -0.3 is 19.7 Å². The summed E-state index contributed by atoms with van der Waals surface area (Å²) >= 11 is 6.06. The van der Waals surface area contributed by atoms with E-state index in [-0.39, 0.29) is 24.3 Å². The first-order valence-electron chi connectivity index (χ1n) is 8.80. The summed E-state index contributed by atoms with van der Waals surface area (Å²) in [5, 5.41) is 14.0. The number of aryl methyl sites for hydroxylation is 1. The van der Waals surface area contributed by atoms with Crippen LogP contribution >= 0.6 is 11.6 Å². The first-order chi connectivity index (χ1) is 13.3. The maximum atomic E-state index is 12.7. The number of fused-ring (bicyclic) bond motifs is 1. The average molecular weight is 408 g/mol. The van der Waals surface area contributed by atoms with E-state index in [0.29, 0.717) is 23.3 Å². The number of aliphatic hydroxyl groups excluding tert-OH is 1. The molecule has 1 aromatic carbocycles. The van der Waals surface area contributed by atoms with Crippen molar-refractivity contribution in [2.75, 3.05) is 18.5 Å². The minimum Gasteiger partial charge on any atom is -0.489 e. The summed E-state index contributed by atoms with van der Waals surface area (Å²) in [5.41, 5.74) is -0.456. The Balaban J connectivity index is 1.95. The van der Waals surface area contributed by atoms with Crippen LogP contribution in [0.2, 0.25) is 5.02 Å². The Bertz CT molecular complexity index is 1120. The monoisotopic (exact) mass is 407 g/mol. The highest BCUT2D eigenvalue weighted by molar-refractivity contribution is 6.32. The van der Waals surface area contributed by atoms with Gasteiger partial charge in [-0.15, -0.1) is 0 Å². The number of benzene rings is 1. The van der Waals surface area contributed by atoms with Gasteiger partial charge in [-0.2, -0.15) is 4.98 Å². The fraction of sp³-hybridized carbons (Fsp3) is 0.389. The van der Waals surface area contributed by atoms with Crippen LogP contribution in [0.15, 0.2) is 33.9 Å². The SMILES string of the molecule is CCNc1nc2c(c(=O)n(C)c(=O)n2C)n1C[C@@H](O)COc1ccccc1Cl. The maximum absolute atomic E-state index is 12.7. The van der Waals surface area contributed by atoms with Crippen LogP contribution in [-0.2, 0) is 20.6 Å². The van der Waals surface area contributed by atoms with E-state index in [2.05, 4.69) is 10.3 Å². The van der Waals surface area contributed by atoms with Crippen LogP contribution < -0.4 is 21.3 Å². The van der Waals surface area contributed by atoms with Gasteiger partial charge in [-0.25, -0.2) is 4.79 Å². The molecule has 0 saturated heterocycles. The Labute approximate surface area is 165 Å². The number of hydrogen-bond acceptors (Lipinski definition) is 6. The zero-order valence-corrected chi connectivity index (χ0v) is 16.6. The third-order valence-electron chi connectivity index (χ3n) is 4.34. The van der Waals surface area contributed by atoms with Gasteiger partial charge in [0.1, 0.15) is 18.5 Å². The lowest BCUT2D eigenvalue weighted by Crippen LogP contribution is -2.38. The van der Waals surface area contributed by atoms with Crippen LogP contribution in [0.5, 0.6) is 5.75 Å². The second-order valence-electron chi connectivity index (χ2n) is 6.35. The fourth-order valence-corrected chi connectivity index (χ4v) is 3.12. The highest BCUT2D eigenvalue weighted by atomic mass is 35.5. The molecule has 3 rings (SSSR count). The van der Waals surface area contributed by atoms with Crippen molar-refractivity contribution in [3.8, 4) is 5.75 Å². The highest BCUT2D eigenvalue weighted by Gasteiger charge is 2.21. The van der Waals surface area contributed by atoms with Gasteiger partial charge in [0.15, 0.2) is 11.2 Å². The number of halogens is 1.